The summed E-state index contributed by atoms with van der Waals surface area (Å²) in [4.78, 5) is 0. The minimum atomic E-state index is 0.201. The smallest absolute Gasteiger partial charge is 0.122 e. The first-order valence-electron chi connectivity index (χ1n) is 5.88. The fourth-order valence-corrected chi connectivity index (χ4v) is 1.94. The highest BCUT2D eigenvalue weighted by Gasteiger charge is 2.11. The van der Waals surface area contributed by atoms with Crippen molar-refractivity contribution in [1.29, 1.82) is 0 Å². The molecule has 0 saturated carbocycles. The van der Waals surface area contributed by atoms with Crippen LogP contribution in [0.1, 0.15) is 43.4 Å². The lowest BCUT2D eigenvalue weighted by atomic mass is 9.94. The Balaban J connectivity index is 3.16. The molecular weight excluding hydrogens is 198 g/mol. The average molecular weight is 221 g/mol. The number of rotatable bonds is 4. The predicted octanol–water partition coefficient (Wildman–Crippen LogP) is 3.02. The Hall–Kier alpha value is -1.02. The van der Waals surface area contributed by atoms with Crippen molar-refractivity contribution >= 4 is 0 Å². The SMILES string of the molecule is COc1cc(C)c(CC(C)N)cc1C(C)C. The van der Waals surface area contributed by atoms with E-state index in [-0.39, 0.29) is 6.04 Å². The minimum Gasteiger partial charge on any atom is -0.496 e. The molecule has 0 radical (unpaired) electrons. The largest absolute Gasteiger partial charge is 0.496 e. The van der Waals surface area contributed by atoms with Crippen LogP contribution in [-0.2, 0) is 6.42 Å². The van der Waals surface area contributed by atoms with Gasteiger partial charge in [-0.2, -0.15) is 0 Å². The van der Waals surface area contributed by atoms with Gasteiger partial charge in [-0.15, -0.1) is 0 Å². The second-order valence-electron chi connectivity index (χ2n) is 4.86. The molecule has 0 amide bonds. The van der Waals surface area contributed by atoms with E-state index in [0.29, 0.717) is 5.92 Å². The molecule has 2 N–H and O–H groups in total. The van der Waals surface area contributed by atoms with Crippen LogP contribution in [0.15, 0.2) is 12.1 Å². The highest BCUT2D eigenvalue weighted by Crippen LogP contribution is 2.29. The second-order valence-corrected chi connectivity index (χ2v) is 4.86. The summed E-state index contributed by atoms with van der Waals surface area (Å²) in [7, 11) is 1.73. The first kappa shape index (κ1) is 13.0. The van der Waals surface area contributed by atoms with E-state index in [1.54, 1.807) is 7.11 Å². The quantitative estimate of drug-likeness (QED) is 0.848. The van der Waals surface area contributed by atoms with Gasteiger partial charge in [-0.05, 0) is 48.9 Å². The monoisotopic (exact) mass is 221 g/mol. The van der Waals surface area contributed by atoms with Gasteiger partial charge in [0.15, 0.2) is 0 Å². The van der Waals surface area contributed by atoms with Crippen LogP contribution >= 0.6 is 0 Å². The summed E-state index contributed by atoms with van der Waals surface area (Å²) in [5, 5.41) is 0. The third-order valence-electron chi connectivity index (χ3n) is 2.85. The molecule has 0 heterocycles. The van der Waals surface area contributed by atoms with E-state index in [1.807, 2.05) is 6.92 Å². The van der Waals surface area contributed by atoms with E-state index < -0.39 is 0 Å². The summed E-state index contributed by atoms with van der Waals surface area (Å²) in [6, 6.07) is 4.56. The Labute approximate surface area is 98.8 Å². The Morgan fingerprint density at radius 3 is 2.31 bits per heavy atom. The first-order valence-corrected chi connectivity index (χ1v) is 5.88. The van der Waals surface area contributed by atoms with Gasteiger partial charge in [-0.25, -0.2) is 0 Å². The standard InChI is InChI=1S/C14H23NO/c1-9(2)13-8-12(7-11(4)15)10(3)6-14(13)16-5/h6,8-9,11H,7,15H2,1-5H3. The average Bonchev–Trinajstić information content (AvgIpc) is 2.19. The van der Waals surface area contributed by atoms with E-state index in [4.69, 9.17) is 10.5 Å². The Bertz CT molecular complexity index is 356. The van der Waals surface area contributed by atoms with Crippen LogP contribution in [0.3, 0.4) is 0 Å². The van der Waals surface area contributed by atoms with Crippen LogP contribution in [-0.4, -0.2) is 13.2 Å². The molecule has 16 heavy (non-hydrogen) atoms. The van der Waals surface area contributed by atoms with Gasteiger partial charge in [0, 0.05) is 6.04 Å². The summed E-state index contributed by atoms with van der Waals surface area (Å²) in [5.74, 6) is 1.46. The summed E-state index contributed by atoms with van der Waals surface area (Å²) in [6.45, 7) is 8.52. The van der Waals surface area contributed by atoms with Crippen LogP contribution in [0.4, 0.5) is 0 Å². The maximum atomic E-state index is 5.86. The molecule has 2 nitrogen and oxygen atoms in total. The molecule has 0 aliphatic rings. The van der Waals surface area contributed by atoms with Crippen molar-refractivity contribution in [3.63, 3.8) is 0 Å². The van der Waals surface area contributed by atoms with Gasteiger partial charge >= 0.3 is 0 Å². The van der Waals surface area contributed by atoms with Gasteiger partial charge < -0.3 is 10.5 Å². The zero-order chi connectivity index (χ0) is 12.3. The fourth-order valence-electron chi connectivity index (χ4n) is 1.94. The summed E-state index contributed by atoms with van der Waals surface area (Å²) < 4.78 is 5.42. The van der Waals surface area contributed by atoms with Gasteiger partial charge in [-0.3, -0.25) is 0 Å². The van der Waals surface area contributed by atoms with E-state index in [2.05, 4.69) is 32.9 Å². The van der Waals surface area contributed by atoms with Gasteiger partial charge in [0.1, 0.15) is 5.75 Å². The van der Waals surface area contributed by atoms with Crippen molar-refractivity contribution in [2.24, 2.45) is 5.73 Å². The molecule has 0 bridgehead atoms. The number of nitrogens with two attached hydrogens (primary N) is 1. The van der Waals surface area contributed by atoms with Gasteiger partial charge in [0.2, 0.25) is 0 Å². The summed E-state index contributed by atoms with van der Waals surface area (Å²) >= 11 is 0. The molecule has 2 heteroatoms. The molecule has 0 aromatic heterocycles. The van der Waals surface area contributed by atoms with Crippen molar-refractivity contribution in [2.45, 2.75) is 46.1 Å². The maximum absolute atomic E-state index is 5.86. The molecule has 1 atom stereocenters. The third-order valence-corrected chi connectivity index (χ3v) is 2.85. The van der Waals surface area contributed by atoms with Crippen molar-refractivity contribution in [3.05, 3.63) is 28.8 Å². The van der Waals surface area contributed by atoms with Gasteiger partial charge in [-0.1, -0.05) is 19.9 Å². The lowest BCUT2D eigenvalue weighted by molar-refractivity contribution is 0.407. The zero-order valence-corrected chi connectivity index (χ0v) is 11.0. The first-order chi connectivity index (χ1) is 7.45. The van der Waals surface area contributed by atoms with E-state index >= 15 is 0 Å². The molecule has 1 rings (SSSR count). The highest BCUT2D eigenvalue weighted by molar-refractivity contribution is 5.44. The van der Waals surface area contributed by atoms with Gasteiger partial charge in [0.25, 0.3) is 0 Å². The molecule has 1 aromatic carbocycles. The topological polar surface area (TPSA) is 35.2 Å². The number of methoxy groups -OCH3 is 1. The molecule has 1 aromatic rings. The van der Waals surface area contributed by atoms with Crippen molar-refractivity contribution < 1.29 is 4.74 Å². The number of aryl methyl sites for hydroxylation is 1. The molecule has 0 aliphatic carbocycles. The van der Waals surface area contributed by atoms with Gasteiger partial charge in [0.05, 0.1) is 7.11 Å². The molecular formula is C14H23NO. The predicted molar refractivity (Wildman–Crippen MR) is 69.2 cm³/mol. The molecule has 0 fully saturated rings. The lowest BCUT2D eigenvalue weighted by Gasteiger charge is -2.17. The van der Waals surface area contributed by atoms with Crippen LogP contribution < -0.4 is 10.5 Å². The molecule has 90 valence electrons. The Morgan fingerprint density at radius 2 is 1.88 bits per heavy atom. The van der Waals surface area contributed by atoms with Crippen LogP contribution in [0.5, 0.6) is 5.75 Å². The normalized spacial score (nSPS) is 12.9. The summed E-state index contributed by atoms with van der Waals surface area (Å²) in [5.41, 5.74) is 9.72. The molecule has 0 saturated heterocycles. The molecule has 0 spiro atoms. The molecule has 1 unspecified atom stereocenters. The minimum absolute atomic E-state index is 0.201. The maximum Gasteiger partial charge on any atom is 0.122 e. The van der Waals surface area contributed by atoms with Crippen molar-refractivity contribution in [3.8, 4) is 5.75 Å². The van der Waals surface area contributed by atoms with Crippen molar-refractivity contribution in [2.75, 3.05) is 7.11 Å². The van der Waals surface area contributed by atoms with E-state index in [0.717, 1.165) is 12.2 Å². The Kier molecular flexibility index (Phi) is 4.36. The van der Waals surface area contributed by atoms with Crippen LogP contribution in [0.25, 0.3) is 0 Å². The van der Waals surface area contributed by atoms with E-state index in [1.165, 1.54) is 16.7 Å². The zero-order valence-electron chi connectivity index (χ0n) is 11.0. The second kappa shape index (κ2) is 5.35. The summed E-state index contributed by atoms with van der Waals surface area (Å²) in [6.07, 6.45) is 0.926. The third kappa shape index (κ3) is 2.99. The van der Waals surface area contributed by atoms with Crippen LogP contribution in [0, 0.1) is 6.92 Å². The van der Waals surface area contributed by atoms with Crippen LogP contribution in [0.2, 0.25) is 0 Å². The fraction of sp³-hybridized carbons (Fsp3) is 0.571. The highest BCUT2D eigenvalue weighted by atomic mass is 16.5. The van der Waals surface area contributed by atoms with E-state index in [9.17, 15) is 0 Å². The number of hydrogen-bond donors (Lipinski definition) is 1. The lowest BCUT2D eigenvalue weighted by Crippen LogP contribution is -2.18. The van der Waals surface area contributed by atoms with Crippen molar-refractivity contribution in [1.82, 2.24) is 0 Å². The number of hydrogen-bond acceptors (Lipinski definition) is 2. The number of ether oxygens (including phenoxy) is 1. The molecule has 0 aliphatic heterocycles. The Morgan fingerprint density at radius 1 is 1.25 bits per heavy atom. The number of benzene rings is 1.